The van der Waals surface area contributed by atoms with Crippen molar-refractivity contribution in [1.82, 2.24) is 50.9 Å². The van der Waals surface area contributed by atoms with E-state index in [1.807, 2.05) is 67.8 Å². The van der Waals surface area contributed by atoms with E-state index in [1.54, 1.807) is 54.1 Å². The Morgan fingerprint density at radius 2 is 1.02 bits per heavy atom. The van der Waals surface area contributed by atoms with Gasteiger partial charge in [-0.2, -0.15) is 5.10 Å². The largest absolute Gasteiger partial charge is 0.426 e. The van der Waals surface area contributed by atoms with Crippen LogP contribution in [-0.4, -0.2) is 57.5 Å². The lowest BCUT2D eigenvalue weighted by atomic mass is 10.4. The number of carbonyl (C=O) groups is 1. The fourth-order valence-corrected chi connectivity index (χ4v) is 4.58. The van der Waals surface area contributed by atoms with Crippen molar-refractivity contribution in [1.29, 1.82) is 0 Å². The molecule has 49 heavy (non-hydrogen) atoms. The van der Waals surface area contributed by atoms with Crippen LogP contribution in [-0.2, 0) is 4.79 Å². The molecule has 0 spiro atoms. The van der Waals surface area contributed by atoms with Gasteiger partial charge in [0.05, 0.1) is 21.9 Å². The average molecular weight is 745 g/mol. The minimum Gasteiger partial charge on any atom is -0.426 e. The molecule has 0 aliphatic heterocycles. The monoisotopic (exact) mass is 744 g/mol. The van der Waals surface area contributed by atoms with Crippen LogP contribution in [0.2, 0.25) is 0 Å². The van der Waals surface area contributed by atoms with Gasteiger partial charge in [0, 0.05) is 49.0 Å². The third-order valence-corrected chi connectivity index (χ3v) is 6.42. The molecule has 284 valence electrons. The zero-order valence-electron chi connectivity index (χ0n) is 27.4. The lowest BCUT2D eigenvalue weighted by Gasteiger charge is -2.02. The van der Waals surface area contributed by atoms with Gasteiger partial charge in [0.1, 0.15) is 15.8 Å². The second kappa shape index (κ2) is 34.3. The van der Waals surface area contributed by atoms with E-state index in [2.05, 4.69) is 64.7 Å². The lowest BCUT2D eigenvalue weighted by Crippen LogP contribution is -2.27. The van der Waals surface area contributed by atoms with Gasteiger partial charge in [0.2, 0.25) is 17.7 Å². The topological polar surface area (TPSA) is 158 Å². The Kier molecular flexibility index (Phi) is 42.5. The summed E-state index contributed by atoms with van der Waals surface area (Å²) in [6, 6.07) is 0.275. The van der Waals surface area contributed by atoms with E-state index < -0.39 is 0 Å². The summed E-state index contributed by atoms with van der Waals surface area (Å²) in [6.07, 6.45) is 5.41. The number of rotatable bonds is 1. The van der Waals surface area contributed by atoms with Crippen LogP contribution in [0, 0.1) is 69.2 Å². The van der Waals surface area contributed by atoms with Crippen LogP contribution in [0.15, 0.2) is 23.0 Å². The maximum atomic E-state index is 10.1. The molecule has 5 aromatic heterocycles. The highest BCUT2D eigenvalue weighted by Crippen LogP contribution is 2.08. The number of nitrogens with zero attached hydrogens (tertiary/aromatic N) is 9. The molecule has 0 aliphatic rings. The van der Waals surface area contributed by atoms with Gasteiger partial charge < -0.3 is 9.73 Å². The van der Waals surface area contributed by atoms with Crippen LogP contribution in [0.3, 0.4) is 0 Å². The molecule has 0 saturated heterocycles. The number of hydrogen-bond donors (Lipinski definition) is 1. The zero-order valence-corrected chi connectivity index (χ0v) is 29.8. The second-order valence-corrected chi connectivity index (χ2v) is 13.4. The van der Waals surface area contributed by atoms with Gasteiger partial charge in [-0.25, -0.2) is 15.0 Å². The maximum absolute atomic E-state index is 10.1. The fourth-order valence-electron chi connectivity index (χ4n) is 2.63. The van der Waals surface area contributed by atoms with Crippen molar-refractivity contribution < 1.29 is 9.21 Å². The molecule has 1 N–H and O–H groups in total. The number of aryl methyl sites for hydroxylation is 10. The number of hydrogen-bond acceptors (Lipinski definition) is 14. The number of nitrogens with one attached hydrogen (secondary N) is 1. The molecule has 0 aliphatic carbocycles. The van der Waals surface area contributed by atoms with Gasteiger partial charge in [-0.1, -0.05) is 44.6 Å². The molecular formula is C34H68N10O2S3. The van der Waals surface area contributed by atoms with E-state index in [-0.39, 0.29) is 56.5 Å². The summed E-state index contributed by atoms with van der Waals surface area (Å²) in [7, 11) is 0. The van der Waals surface area contributed by atoms with E-state index in [9.17, 15) is 4.79 Å². The van der Waals surface area contributed by atoms with E-state index in [4.69, 9.17) is 4.42 Å². The molecule has 0 radical (unpaired) electrons. The summed E-state index contributed by atoms with van der Waals surface area (Å²) in [5, 5.41) is 29.2. The quantitative estimate of drug-likeness (QED) is 0.174. The highest BCUT2D eigenvalue weighted by Gasteiger charge is 1.92. The molecule has 5 aromatic rings. The third-order valence-electron chi connectivity index (χ3n) is 4.00. The molecule has 0 saturated carbocycles. The first-order valence-corrected chi connectivity index (χ1v) is 15.7. The Balaban J connectivity index is -0.0000000844. The highest BCUT2D eigenvalue weighted by molar-refractivity contribution is 7.11. The van der Waals surface area contributed by atoms with Gasteiger partial charge >= 0.3 is 0 Å². The normalized spacial score (nSPS) is 8.20. The Bertz CT molecular complexity index is 1210. The predicted molar refractivity (Wildman–Crippen MR) is 215 cm³/mol. The molecule has 5 rings (SSSR count). The first-order valence-electron chi connectivity index (χ1n) is 13.3. The molecular weight excluding hydrogens is 677 g/mol. The summed E-state index contributed by atoms with van der Waals surface area (Å²) in [6.45, 7) is 24.7. The molecule has 0 bridgehead atoms. The van der Waals surface area contributed by atoms with Crippen molar-refractivity contribution in [2.24, 2.45) is 0 Å². The van der Waals surface area contributed by atoms with Crippen molar-refractivity contribution in [2.75, 3.05) is 0 Å². The van der Waals surface area contributed by atoms with Crippen LogP contribution in [0.5, 0.6) is 0 Å². The van der Waals surface area contributed by atoms with Crippen molar-refractivity contribution in [2.45, 2.75) is 141 Å². The molecule has 1 amide bonds. The zero-order chi connectivity index (χ0) is 32.9. The van der Waals surface area contributed by atoms with Crippen molar-refractivity contribution in [3.63, 3.8) is 0 Å². The first kappa shape index (κ1) is 60.7. The Hall–Kier alpha value is -3.56. The van der Waals surface area contributed by atoms with Crippen LogP contribution in [0.4, 0.5) is 0 Å². The number of carbonyl (C=O) groups excluding carboxylic acids is 1. The van der Waals surface area contributed by atoms with Crippen molar-refractivity contribution in [3.8, 4) is 0 Å². The van der Waals surface area contributed by atoms with Gasteiger partial charge in [-0.05, 0) is 69.2 Å². The SMILES string of the molecule is C.C.C.C.C.C.CC(=O)NC(C)C.Cc1cnc(C)s1.Cc1cnc(C)s1.Cc1cnnc(C)n1.Cc1nnc(C)o1.Cc1nnc(C)s1. The van der Waals surface area contributed by atoms with Crippen LogP contribution >= 0.6 is 34.0 Å². The van der Waals surface area contributed by atoms with E-state index in [1.165, 1.54) is 16.7 Å². The second-order valence-electron chi connectivity index (χ2n) is 9.16. The summed E-state index contributed by atoms with van der Waals surface area (Å²) in [4.78, 5) is 24.8. The van der Waals surface area contributed by atoms with E-state index >= 15 is 0 Å². The van der Waals surface area contributed by atoms with Crippen molar-refractivity contribution in [3.05, 3.63) is 71.7 Å². The number of amides is 1. The van der Waals surface area contributed by atoms with E-state index in [0.29, 0.717) is 11.8 Å². The third kappa shape index (κ3) is 37.1. The molecule has 0 unspecified atom stereocenters. The standard InChI is InChI=1S/C5H7N3.C5H11NO.2C5H7NS.C4H6N2O.C4H6N2S.6CH4/c1-4-3-6-8-5(2)7-4;1-4(2)6-5(3)7;2*1-4-3-6-5(2)7-4;2*1-3-5-6-4(2)7-3;;;;;;/h3H,1-2H3;4H,1-3H3,(H,6,7);2*3H,1-2H3;2*1-2H3;6*1H4. The average Bonchev–Trinajstić information content (AvgIpc) is 3.66. The summed E-state index contributed by atoms with van der Waals surface area (Å²) >= 11 is 5.08. The summed E-state index contributed by atoms with van der Waals surface area (Å²) < 4.78 is 4.86. The Labute approximate surface area is 311 Å². The highest BCUT2D eigenvalue weighted by atomic mass is 32.1. The van der Waals surface area contributed by atoms with Gasteiger partial charge in [0.25, 0.3) is 0 Å². The first-order chi connectivity index (χ1) is 20.1. The molecule has 5 heterocycles. The van der Waals surface area contributed by atoms with Crippen LogP contribution < -0.4 is 5.32 Å². The van der Waals surface area contributed by atoms with Crippen LogP contribution in [0.25, 0.3) is 0 Å². The number of thiazole rings is 2. The molecule has 0 fully saturated rings. The van der Waals surface area contributed by atoms with Crippen molar-refractivity contribution >= 4 is 39.9 Å². The maximum Gasteiger partial charge on any atom is 0.217 e. The van der Waals surface area contributed by atoms with Gasteiger partial charge in [-0.15, -0.1) is 59.5 Å². The van der Waals surface area contributed by atoms with Gasteiger partial charge in [-0.3, -0.25) is 4.79 Å². The smallest absolute Gasteiger partial charge is 0.217 e. The van der Waals surface area contributed by atoms with Crippen LogP contribution in [0.1, 0.15) is 118 Å². The predicted octanol–water partition coefficient (Wildman–Crippen LogP) is 10.2. The Morgan fingerprint density at radius 1 is 0.612 bits per heavy atom. The summed E-state index contributed by atoms with van der Waals surface area (Å²) in [5.74, 6) is 2.01. The number of aromatic nitrogens is 9. The minimum atomic E-state index is 0. The minimum absolute atomic E-state index is 0. The van der Waals surface area contributed by atoms with E-state index in [0.717, 1.165) is 31.5 Å². The van der Waals surface area contributed by atoms with Gasteiger partial charge in [0.15, 0.2) is 0 Å². The molecule has 12 nitrogen and oxygen atoms in total. The lowest BCUT2D eigenvalue weighted by molar-refractivity contribution is -0.119. The molecule has 0 aromatic carbocycles. The fraction of sp³-hybridized carbons (Fsp3) is 0.588. The molecule has 15 heteroatoms. The Morgan fingerprint density at radius 3 is 1.14 bits per heavy atom. The summed E-state index contributed by atoms with van der Waals surface area (Å²) in [5.41, 5.74) is 0.914. The molecule has 0 atom stereocenters.